The normalized spacial score (nSPS) is 10.4. The van der Waals surface area contributed by atoms with Gasteiger partial charge < -0.3 is 9.63 Å². The van der Waals surface area contributed by atoms with Gasteiger partial charge in [0.1, 0.15) is 11.3 Å². The van der Waals surface area contributed by atoms with Crippen molar-refractivity contribution in [2.24, 2.45) is 0 Å². The van der Waals surface area contributed by atoms with E-state index in [1.165, 1.54) is 12.4 Å². The maximum Gasteiger partial charge on any atom is 0.339 e. The number of hydrogen-bond donors (Lipinski definition) is 2. The molecule has 2 rings (SSSR count). The molecule has 6 nitrogen and oxygen atoms in total. The highest BCUT2D eigenvalue weighted by atomic mass is 16.5. The lowest BCUT2D eigenvalue weighted by molar-refractivity contribution is 0.0698. The van der Waals surface area contributed by atoms with Crippen LogP contribution in [0, 0.1) is 6.92 Å². The van der Waals surface area contributed by atoms with E-state index in [1.807, 2.05) is 0 Å². The molecular weight excluding hydrogens is 186 g/mol. The Morgan fingerprint density at radius 2 is 2.36 bits per heavy atom. The zero-order chi connectivity index (χ0) is 10.1. The van der Waals surface area contributed by atoms with Crippen molar-refractivity contribution in [1.29, 1.82) is 0 Å². The first-order valence-corrected chi connectivity index (χ1v) is 3.88. The van der Waals surface area contributed by atoms with Gasteiger partial charge in [-0.05, 0) is 6.92 Å². The van der Waals surface area contributed by atoms with Crippen molar-refractivity contribution in [2.75, 3.05) is 0 Å². The van der Waals surface area contributed by atoms with Crippen LogP contribution in [0.1, 0.15) is 16.1 Å². The van der Waals surface area contributed by atoms with Crippen molar-refractivity contribution in [2.45, 2.75) is 6.92 Å². The lowest BCUT2D eigenvalue weighted by Crippen LogP contribution is -1.96. The largest absolute Gasteiger partial charge is 0.478 e. The third-order valence-electron chi connectivity index (χ3n) is 1.89. The fourth-order valence-corrected chi connectivity index (χ4v) is 1.19. The predicted molar refractivity (Wildman–Crippen MR) is 45.8 cm³/mol. The highest BCUT2D eigenvalue weighted by Crippen LogP contribution is 2.23. The molecule has 0 aliphatic carbocycles. The van der Waals surface area contributed by atoms with E-state index in [0.717, 1.165) is 0 Å². The Labute approximate surface area is 78.5 Å². The van der Waals surface area contributed by atoms with Crippen LogP contribution in [-0.4, -0.2) is 26.4 Å². The average molecular weight is 193 g/mol. The van der Waals surface area contributed by atoms with Gasteiger partial charge in [-0.15, -0.1) is 0 Å². The predicted octanol–water partition coefficient (Wildman–Crippen LogP) is 1.07. The summed E-state index contributed by atoms with van der Waals surface area (Å²) in [5, 5.41) is 18.7. The molecule has 0 bridgehead atoms. The lowest BCUT2D eigenvalue weighted by atomic mass is 10.1. The fourth-order valence-electron chi connectivity index (χ4n) is 1.19. The van der Waals surface area contributed by atoms with Gasteiger partial charge >= 0.3 is 5.97 Å². The number of carboxylic acid groups (broad SMARTS) is 1. The number of hydrogen-bond acceptors (Lipinski definition) is 4. The van der Waals surface area contributed by atoms with Gasteiger partial charge in [-0.2, -0.15) is 5.10 Å². The molecule has 2 aromatic rings. The summed E-state index contributed by atoms with van der Waals surface area (Å²) in [4.78, 5) is 10.8. The summed E-state index contributed by atoms with van der Waals surface area (Å²) >= 11 is 0. The van der Waals surface area contributed by atoms with Crippen LogP contribution in [0.5, 0.6) is 0 Å². The average Bonchev–Trinajstić information content (AvgIpc) is 2.70. The molecule has 0 saturated heterocycles. The number of carbonyl (C=O) groups is 1. The first kappa shape index (κ1) is 8.49. The first-order valence-electron chi connectivity index (χ1n) is 3.88. The second kappa shape index (κ2) is 2.99. The van der Waals surface area contributed by atoms with E-state index >= 15 is 0 Å². The number of aromatic carboxylic acids is 1. The number of aryl methyl sites for hydroxylation is 1. The standard InChI is InChI=1S/C8H7N3O3/c1-4-5(3-10-14-4)7-6(8(12)13)2-9-11-7/h2-3H,1H3,(H,9,11)(H,12,13). The zero-order valence-corrected chi connectivity index (χ0v) is 7.31. The van der Waals surface area contributed by atoms with Crippen molar-refractivity contribution >= 4 is 5.97 Å². The first-order chi connectivity index (χ1) is 6.70. The molecule has 72 valence electrons. The van der Waals surface area contributed by atoms with Crippen LogP contribution < -0.4 is 0 Å². The Morgan fingerprint density at radius 1 is 1.57 bits per heavy atom. The molecule has 0 unspecified atom stereocenters. The summed E-state index contributed by atoms with van der Waals surface area (Å²) in [6.07, 6.45) is 2.71. The number of nitrogens with zero attached hydrogens (tertiary/aromatic N) is 2. The molecule has 2 N–H and O–H groups in total. The molecular formula is C8H7N3O3. The van der Waals surface area contributed by atoms with Crippen LogP contribution in [-0.2, 0) is 0 Å². The molecule has 0 fully saturated rings. The van der Waals surface area contributed by atoms with Crippen LogP contribution in [0.15, 0.2) is 16.9 Å². The minimum absolute atomic E-state index is 0.108. The van der Waals surface area contributed by atoms with Crippen LogP contribution in [0.2, 0.25) is 0 Å². The molecule has 0 aromatic carbocycles. The molecule has 2 heterocycles. The fraction of sp³-hybridized carbons (Fsp3) is 0.125. The number of nitrogens with one attached hydrogen (secondary N) is 1. The number of aromatic nitrogens is 3. The second-order valence-electron chi connectivity index (χ2n) is 2.76. The van der Waals surface area contributed by atoms with Crippen molar-refractivity contribution in [3.63, 3.8) is 0 Å². The number of rotatable bonds is 2. The summed E-state index contributed by atoms with van der Waals surface area (Å²) in [7, 11) is 0. The molecule has 0 atom stereocenters. The highest BCUT2D eigenvalue weighted by molar-refractivity contribution is 5.94. The van der Waals surface area contributed by atoms with Gasteiger partial charge in [-0.25, -0.2) is 4.79 Å². The van der Waals surface area contributed by atoms with Crippen molar-refractivity contribution in [1.82, 2.24) is 15.4 Å². The van der Waals surface area contributed by atoms with Gasteiger partial charge in [0.2, 0.25) is 0 Å². The van der Waals surface area contributed by atoms with E-state index in [0.29, 0.717) is 17.0 Å². The maximum atomic E-state index is 10.8. The maximum absolute atomic E-state index is 10.8. The van der Waals surface area contributed by atoms with Gasteiger partial charge in [-0.3, -0.25) is 5.10 Å². The van der Waals surface area contributed by atoms with E-state index in [1.54, 1.807) is 6.92 Å². The minimum Gasteiger partial charge on any atom is -0.478 e. The van der Waals surface area contributed by atoms with Gasteiger partial charge in [0.15, 0.2) is 0 Å². The molecule has 0 aliphatic heterocycles. The van der Waals surface area contributed by atoms with Crippen molar-refractivity contribution in [3.8, 4) is 11.3 Å². The van der Waals surface area contributed by atoms with Crippen LogP contribution in [0.3, 0.4) is 0 Å². The molecule has 2 aromatic heterocycles. The Hall–Kier alpha value is -2.11. The van der Waals surface area contributed by atoms with Crippen LogP contribution in [0.4, 0.5) is 0 Å². The lowest BCUT2D eigenvalue weighted by Gasteiger charge is -1.94. The summed E-state index contributed by atoms with van der Waals surface area (Å²) in [6.45, 7) is 1.70. The van der Waals surface area contributed by atoms with E-state index in [-0.39, 0.29) is 5.56 Å². The monoisotopic (exact) mass is 193 g/mol. The molecule has 14 heavy (non-hydrogen) atoms. The van der Waals surface area contributed by atoms with E-state index < -0.39 is 5.97 Å². The third kappa shape index (κ3) is 1.17. The topological polar surface area (TPSA) is 92.0 Å². The SMILES string of the molecule is Cc1oncc1-c1[nH]ncc1C(=O)O. The second-order valence-corrected chi connectivity index (χ2v) is 2.76. The van der Waals surface area contributed by atoms with Crippen molar-refractivity contribution in [3.05, 3.63) is 23.7 Å². The molecule has 0 saturated carbocycles. The molecule has 0 aliphatic rings. The molecule has 0 spiro atoms. The Balaban J connectivity index is 2.57. The zero-order valence-electron chi connectivity index (χ0n) is 7.31. The number of aromatic amines is 1. The van der Waals surface area contributed by atoms with Crippen LogP contribution in [0.25, 0.3) is 11.3 Å². The summed E-state index contributed by atoms with van der Waals surface area (Å²) in [5.74, 6) is -0.480. The molecule has 0 radical (unpaired) electrons. The highest BCUT2D eigenvalue weighted by Gasteiger charge is 2.17. The van der Waals surface area contributed by atoms with E-state index in [9.17, 15) is 4.79 Å². The van der Waals surface area contributed by atoms with Crippen molar-refractivity contribution < 1.29 is 14.4 Å². The minimum atomic E-state index is -1.03. The van der Waals surface area contributed by atoms with Gasteiger partial charge in [-0.1, -0.05) is 5.16 Å². The van der Waals surface area contributed by atoms with Crippen LogP contribution >= 0.6 is 0 Å². The van der Waals surface area contributed by atoms with Gasteiger partial charge in [0.25, 0.3) is 0 Å². The quantitative estimate of drug-likeness (QED) is 0.744. The molecule has 0 amide bonds. The number of carboxylic acids is 1. The number of H-pyrrole nitrogens is 1. The Kier molecular flexibility index (Phi) is 1.81. The third-order valence-corrected chi connectivity index (χ3v) is 1.89. The van der Waals surface area contributed by atoms with E-state index in [4.69, 9.17) is 9.63 Å². The van der Waals surface area contributed by atoms with Gasteiger partial charge in [0.05, 0.1) is 23.7 Å². The summed E-state index contributed by atoms with van der Waals surface area (Å²) < 4.78 is 4.83. The Bertz CT molecular complexity index is 472. The Morgan fingerprint density at radius 3 is 2.93 bits per heavy atom. The summed E-state index contributed by atoms with van der Waals surface area (Å²) in [5.41, 5.74) is 1.13. The summed E-state index contributed by atoms with van der Waals surface area (Å²) in [6, 6.07) is 0. The van der Waals surface area contributed by atoms with E-state index in [2.05, 4.69) is 15.4 Å². The molecule has 6 heteroatoms. The smallest absolute Gasteiger partial charge is 0.339 e. The van der Waals surface area contributed by atoms with Gasteiger partial charge in [0, 0.05) is 0 Å².